The van der Waals surface area contributed by atoms with E-state index in [0.29, 0.717) is 535 Å². The van der Waals surface area contributed by atoms with Gasteiger partial charge in [0.2, 0.25) is 5.91 Å². The van der Waals surface area contributed by atoms with Crippen LogP contribution >= 0.6 is 0 Å². The molecule has 0 aliphatic rings. The van der Waals surface area contributed by atoms with E-state index in [2.05, 4.69) is 12.2 Å². The third kappa shape index (κ3) is 126. The predicted octanol–water partition coefficient (Wildman–Crippen LogP) is 1.94. The molecule has 0 spiro atoms. The highest BCUT2D eigenvalue weighted by molar-refractivity contribution is 5.76. The van der Waals surface area contributed by atoms with Crippen molar-refractivity contribution >= 4 is 11.7 Å². The van der Waals surface area contributed by atoms with Gasteiger partial charge in [0.1, 0.15) is 5.78 Å². The Hall–Kier alpha value is -2.46. The van der Waals surface area contributed by atoms with E-state index in [-0.39, 0.29) is 18.1 Å². The molecule has 0 unspecified atom stereocenters. The van der Waals surface area contributed by atoms with Crippen molar-refractivity contribution in [1.29, 1.82) is 0 Å². The van der Waals surface area contributed by atoms with Gasteiger partial charge in [0, 0.05) is 26.0 Å². The van der Waals surface area contributed by atoms with Crippen molar-refractivity contribution in [1.82, 2.24) is 5.32 Å². The number of rotatable bonds is 126. The van der Waals surface area contributed by atoms with Crippen LogP contribution in [0.2, 0.25) is 0 Å². The van der Waals surface area contributed by atoms with Gasteiger partial charge in [-0.2, -0.15) is 0 Å². The maximum Gasteiger partial charge on any atom is 0.222 e. The first-order valence-corrected chi connectivity index (χ1v) is 47.5. The molecule has 0 bridgehead atoms. The number of hydrogen-bond acceptors (Lipinski definition) is 42. The first kappa shape index (κ1) is 130. The van der Waals surface area contributed by atoms with Gasteiger partial charge in [-0.3, -0.25) is 9.59 Å². The highest BCUT2D eigenvalue weighted by Gasteiger charge is 2.07. The minimum absolute atomic E-state index is 0.0874. The smallest absolute Gasteiger partial charge is 0.222 e. The van der Waals surface area contributed by atoms with E-state index in [4.69, 9.17) is 189 Å². The molecular formula is C89H177NO42. The summed E-state index contributed by atoms with van der Waals surface area (Å²) in [5, 5.41) is 2.81. The maximum absolute atomic E-state index is 11.9. The fraction of sp³-hybridized carbons (Fsp3) is 0.978. The molecule has 0 saturated heterocycles. The Morgan fingerprint density at radius 3 is 0.348 bits per heavy atom. The third-order valence-corrected chi connectivity index (χ3v) is 16.4. The van der Waals surface area contributed by atoms with Crippen LogP contribution in [0.25, 0.3) is 0 Å². The van der Waals surface area contributed by atoms with Gasteiger partial charge in [-0.1, -0.05) is 13.3 Å². The van der Waals surface area contributed by atoms with Gasteiger partial charge in [-0.25, -0.2) is 0 Å². The van der Waals surface area contributed by atoms with E-state index in [1.54, 1.807) is 6.92 Å². The van der Waals surface area contributed by atoms with E-state index in [1.807, 2.05) is 0 Å². The zero-order chi connectivity index (χ0) is 94.3. The average molecular weight is 1930 g/mol. The zero-order valence-electron chi connectivity index (χ0n) is 80.8. The van der Waals surface area contributed by atoms with Crippen molar-refractivity contribution < 1.29 is 199 Å². The molecule has 43 nitrogen and oxygen atoms in total. The maximum atomic E-state index is 11.9. The molecule has 132 heavy (non-hydrogen) atoms. The fourth-order valence-electron chi connectivity index (χ4n) is 9.54. The molecule has 0 aliphatic heterocycles. The molecule has 0 rings (SSSR count). The number of amides is 1. The summed E-state index contributed by atoms with van der Waals surface area (Å²) in [6, 6.07) is 0. The minimum Gasteiger partial charge on any atom is -0.379 e. The van der Waals surface area contributed by atoms with Crippen LogP contribution in [0, 0.1) is 0 Å². The number of Topliss-reactive ketones (excluding diaryl/α,β-unsaturated/α-hetero) is 1. The second-order valence-corrected chi connectivity index (χ2v) is 27.4. The Bertz CT molecular complexity index is 2040. The summed E-state index contributed by atoms with van der Waals surface area (Å²) in [6.07, 6.45) is 2.90. The standard InChI is InChI=1S/C89H177NO42/c1-3-4-8-93-12-16-97-20-21-99-18-14-95-10-6-89(92)90-7-11-96-15-19-100-23-25-102-27-29-104-31-33-106-35-37-108-39-41-110-43-45-112-47-49-114-51-53-116-55-57-118-59-61-120-63-65-122-67-69-124-71-73-126-75-77-128-79-81-130-83-85-132-87-86-131-84-82-129-80-78-127-76-74-125-72-70-123-68-66-121-64-62-119-60-58-117-56-54-115-52-50-113-48-46-111-44-42-109-40-38-107-36-34-105-32-30-103-28-26-101-24-22-98-17-13-94-9-5-88(2)91/h3-87H2,1-2H3,(H,90,92). The molecule has 0 fully saturated rings. The van der Waals surface area contributed by atoms with Gasteiger partial charge in [-0.05, 0) is 13.3 Å². The number of carbonyl (C=O) groups excluding carboxylic acids is 2. The van der Waals surface area contributed by atoms with Gasteiger partial charge < -0.3 is 195 Å². The van der Waals surface area contributed by atoms with Crippen LogP contribution in [0.3, 0.4) is 0 Å². The summed E-state index contributed by atoms with van der Waals surface area (Å²) in [5.41, 5.74) is 0. The van der Waals surface area contributed by atoms with Gasteiger partial charge in [-0.15, -0.1) is 0 Å². The van der Waals surface area contributed by atoms with E-state index in [9.17, 15) is 9.59 Å². The molecule has 0 aromatic rings. The van der Waals surface area contributed by atoms with Crippen molar-refractivity contribution in [3.63, 3.8) is 0 Å². The molecule has 0 atom stereocenters. The van der Waals surface area contributed by atoms with Gasteiger partial charge >= 0.3 is 0 Å². The van der Waals surface area contributed by atoms with Crippen LogP contribution in [-0.4, -0.2) is 547 Å². The van der Waals surface area contributed by atoms with Crippen LogP contribution in [0.5, 0.6) is 0 Å². The number of ether oxygens (including phenoxy) is 40. The Labute approximate surface area is 787 Å². The molecule has 43 heteroatoms. The average Bonchev–Trinajstić information content (AvgIpc) is 1.03. The monoisotopic (exact) mass is 1930 g/mol. The minimum atomic E-state index is -0.0874. The lowest BCUT2D eigenvalue weighted by Gasteiger charge is -2.09. The van der Waals surface area contributed by atoms with Crippen LogP contribution < -0.4 is 5.32 Å². The Morgan fingerprint density at radius 2 is 0.235 bits per heavy atom. The predicted molar refractivity (Wildman–Crippen MR) is 481 cm³/mol. The molecule has 0 heterocycles. The van der Waals surface area contributed by atoms with Crippen LogP contribution in [0.1, 0.15) is 39.5 Å². The SMILES string of the molecule is CCCCOCCOCCOCCOCCC(=O)NCCOCCOCCOCCOCCOCCOCCOCCOCCOCCOCCOCCOCCOCCOCCOCCOCCOCCOCCOCCOCCOCCOCCOCCOCCOCCOCCOCCOCCOCCOCCOCCOCCOCCOCCOCCOCCC(C)=O. The normalized spacial score (nSPS) is 11.8. The quantitative estimate of drug-likeness (QED) is 0.0850. The van der Waals surface area contributed by atoms with Crippen molar-refractivity contribution in [3.8, 4) is 0 Å². The third-order valence-electron chi connectivity index (χ3n) is 16.4. The topological polar surface area (TPSA) is 415 Å². The molecule has 790 valence electrons. The lowest BCUT2D eigenvalue weighted by Crippen LogP contribution is -2.28. The summed E-state index contributed by atoms with van der Waals surface area (Å²) >= 11 is 0. The van der Waals surface area contributed by atoms with Gasteiger partial charge in [0.15, 0.2) is 0 Å². The molecular weight excluding hydrogens is 1750 g/mol. The summed E-state index contributed by atoms with van der Waals surface area (Å²) in [4.78, 5) is 22.8. The Kier molecular flexibility index (Phi) is 122. The number of nitrogens with one attached hydrogen (secondary N) is 1. The van der Waals surface area contributed by atoms with E-state index in [1.165, 1.54) is 0 Å². The lowest BCUT2D eigenvalue weighted by atomic mass is 10.3. The first-order valence-electron chi connectivity index (χ1n) is 47.5. The summed E-state index contributed by atoms with van der Waals surface area (Å²) in [5.74, 6) is 0.0303. The van der Waals surface area contributed by atoms with Crippen molar-refractivity contribution in [2.75, 3.05) is 535 Å². The van der Waals surface area contributed by atoms with Crippen LogP contribution in [0.4, 0.5) is 0 Å². The van der Waals surface area contributed by atoms with Crippen LogP contribution in [0.15, 0.2) is 0 Å². The molecule has 1 amide bonds. The lowest BCUT2D eigenvalue weighted by molar-refractivity contribution is -0.122. The Morgan fingerprint density at radius 1 is 0.136 bits per heavy atom. The van der Waals surface area contributed by atoms with Crippen molar-refractivity contribution in [3.05, 3.63) is 0 Å². The van der Waals surface area contributed by atoms with Gasteiger partial charge in [0.25, 0.3) is 0 Å². The molecule has 0 aromatic carbocycles. The zero-order valence-corrected chi connectivity index (χ0v) is 80.8. The van der Waals surface area contributed by atoms with Crippen molar-refractivity contribution in [2.45, 2.75) is 39.5 Å². The molecule has 0 aromatic heterocycles. The van der Waals surface area contributed by atoms with E-state index >= 15 is 0 Å². The van der Waals surface area contributed by atoms with E-state index < -0.39 is 0 Å². The number of hydrogen-bond donors (Lipinski definition) is 1. The molecule has 1 N–H and O–H groups in total. The van der Waals surface area contributed by atoms with Gasteiger partial charge in [0.05, 0.1) is 522 Å². The fourth-order valence-corrected chi connectivity index (χ4v) is 9.54. The summed E-state index contributed by atoms with van der Waals surface area (Å²) in [6.45, 7) is 42.2. The molecule has 0 saturated carbocycles. The summed E-state index contributed by atoms with van der Waals surface area (Å²) < 4.78 is 221. The number of carbonyl (C=O) groups is 2. The number of ketones is 1. The second-order valence-electron chi connectivity index (χ2n) is 27.4. The Balaban J connectivity index is 3.12. The number of unbranched alkanes of at least 4 members (excludes halogenated alkanes) is 1. The first-order chi connectivity index (χ1) is 65.7. The molecule has 0 radical (unpaired) electrons. The summed E-state index contributed by atoms with van der Waals surface area (Å²) in [7, 11) is 0. The second kappa shape index (κ2) is 125. The highest BCUT2D eigenvalue weighted by atomic mass is 16.6. The van der Waals surface area contributed by atoms with Crippen LogP contribution in [-0.2, 0) is 199 Å². The largest absolute Gasteiger partial charge is 0.379 e. The molecule has 0 aliphatic carbocycles. The highest BCUT2D eigenvalue weighted by Crippen LogP contribution is 1.97. The van der Waals surface area contributed by atoms with Crippen molar-refractivity contribution in [2.24, 2.45) is 0 Å². The van der Waals surface area contributed by atoms with E-state index in [0.717, 1.165) is 19.4 Å².